The first-order valence-corrected chi connectivity index (χ1v) is 12.0. The molecular formula is C25H24BrClN4O. The van der Waals surface area contributed by atoms with Gasteiger partial charge in [0, 0.05) is 35.4 Å². The van der Waals surface area contributed by atoms with Crippen LogP contribution in [0.3, 0.4) is 0 Å². The Morgan fingerprint density at radius 3 is 2.53 bits per heavy atom. The first-order chi connectivity index (χ1) is 15.6. The number of hydrogen-bond donors (Lipinski definition) is 1. The van der Waals surface area contributed by atoms with Crippen LogP contribution in [-0.4, -0.2) is 39.0 Å². The molecule has 0 amide bonds. The van der Waals surface area contributed by atoms with Crippen LogP contribution in [-0.2, 0) is 17.9 Å². The molecule has 1 N–H and O–H groups in total. The van der Waals surface area contributed by atoms with E-state index in [-0.39, 0.29) is 6.10 Å². The summed E-state index contributed by atoms with van der Waals surface area (Å²) < 4.78 is 7.33. The van der Waals surface area contributed by atoms with Crippen LogP contribution in [0.5, 0.6) is 0 Å². The maximum atomic E-state index is 6.45. The third-order valence-corrected chi connectivity index (χ3v) is 6.67. The zero-order valence-corrected chi connectivity index (χ0v) is 19.9. The van der Waals surface area contributed by atoms with Gasteiger partial charge >= 0.3 is 0 Å². The molecule has 1 aliphatic rings. The zero-order valence-electron chi connectivity index (χ0n) is 17.6. The molecule has 0 saturated carbocycles. The molecule has 0 unspecified atom stereocenters. The molecule has 32 heavy (non-hydrogen) atoms. The van der Waals surface area contributed by atoms with E-state index in [4.69, 9.17) is 16.3 Å². The average molecular weight is 512 g/mol. The maximum Gasteiger partial charge on any atom is 0.163 e. The molecule has 2 aromatic carbocycles. The normalized spacial score (nSPS) is 15.4. The van der Waals surface area contributed by atoms with Crippen LogP contribution in [0.25, 0.3) is 22.4 Å². The lowest BCUT2D eigenvalue weighted by atomic mass is 10.1. The van der Waals surface area contributed by atoms with Crippen molar-refractivity contribution in [3.8, 4) is 11.4 Å². The summed E-state index contributed by atoms with van der Waals surface area (Å²) >= 11 is 9.94. The van der Waals surface area contributed by atoms with Gasteiger partial charge in [-0.05, 0) is 36.6 Å². The minimum Gasteiger partial charge on any atom is -0.372 e. The van der Waals surface area contributed by atoms with Crippen molar-refractivity contribution < 1.29 is 4.74 Å². The predicted octanol–water partition coefficient (Wildman–Crippen LogP) is 6.22. The van der Waals surface area contributed by atoms with E-state index < -0.39 is 0 Å². The molecule has 0 atom stereocenters. The molecule has 4 aromatic rings. The zero-order chi connectivity index (χ0) is 21.9. The van der Waals surface area contributed by atoms with E-state index in [1.807, 2.05) is 36.4 Å². The van der Waals surface area contributed by atoms with Crippen LogP contribution >= 0.6 is 27.5 Å². The number of benzene rings is 2. The van der Waals surface area contributed by atoms with Crippen molar-refractivity contribution in [2.45, 2.75) is 32.1 Å². The number of aromatic nitrogens is 3. The van der Waals surface area contributed by atoms with Gasteiger partial charge in [0.05, 0.1) is 18.1 Å². The van der Waals surface area contributed by atoms with Gasteiger partial charge in [0.25, 0.3) is 0 Å². The van der Waals surface area contributed by atoms with Crippen molar-refractivity contribution in [1.29, 1.82) is 0 Å². The van der Waals surface area contributed by atoms with Gasteiger partial charge in [-0.2, -0.15) is 0 Å². The molecule has 5 rings (SSSR count). The monoisotopic (exact) mass is 510 g/mol. The predicted molar refractivity (Wildman–Crippen MR) is 132 cm³/mol. The van der Waals surface area contributed by atoms with E-state index >= 15 is 0 Å². The number of ether oxygens (including phenoxy) is 1. The molecule has 3 heterocycles. The van der Waals surface area contributed by atoms with Crippen LogP contribution in [0.1, 0.15) is 24.1 Å². The maximum absolute atomic E-state index is 6.45. The van der Waals surface area contributed by atoms with Crippen LogP contribution < -0.4 is 0 Å². The van der Waals surface area contributed by atoms with Gasteiger partial charge in [0.1, 0.15) is 10.8 Å². The Labute approximate surface area is 200 Å². The van der Waals surface area contributed by atoms with Gasteiger partial charge in [-0.15, -0.1) is 0 Å². The highest BCUT2D eigenvalue weighted by molar-refractivity contribution is 9.10. The van der Waals surface area contributed by atoms with E-state index in [0.29, 0.717) is 17.6 Å². The third-order valence-electron chi connectivity index (χ3n) is 5.86. The smallest absolute Gasteiger partial charge is 0.163 e. The summed E-state index contributed by atoms with van der Waals surface area (Å²) in [4.78, 5) is 15.0. The second-order valence-corrected chi connectivity index (χ2v) is 9.45. The van der Waals surface area contributed by atoms with Gasteiger partial charge < -0.3 is 9.72 Å². The topological polar surface area (TPSA) is 54.0 Å². The van der Waals surface area contributed by atoms with E-state index in [1.165, 1.54) is 5.56 Å². The summed E-state index contributed by atoms with van der Waals surface area (Å²) in [5, 5.41) is 1.28. The number of halogens is 2. The summed E-state index contributed by atoms with van der Waals surface area (Å²) in [6, 6.07) is 20.4. The largest absolute Gasteiger partial charge is 0.372 e. The number of fused-ring (bicyclic) bond motifs is 1. The van der Waals surface area contributed by atoms with Gasteiger partial charge in [0.15, 0.2) is 5.82 Å². The van der Waals surface area contributed by atoms with Crippen LogP contribution in [0.2, 0.25) is 5.15 Å². The standard InChI is InChI=1S/C25H24BrClN4O/c26-19-8-6-17(7-9-19)15-31-12-10-21(11-13-31)32-16-20-14-22-23(27)29-24(30-25(22)28-20)18-4-2-1-3-5-18/h1-9,14,21H,10-13,15-16H2,(H,28,29,30). The first kappa shape index (κ1) is 21.6. The lowest BCUT2D eigenvalue weighted by molar-refractivity contribution is -0.00502. The fraction of sp³-hybridized carbons (Fsp3) is 0.280. The summed E-state index contributed by atoms with van der Waals surface area (Å²) in [6.45, 7) is 3.60. The minimum absolute atomic E-state index is 0.268. The number of nitrogens with one attached hydrogen (secondary N) is 1. The molecular weight excluding hydrogens is 488 g/mol. The lowest BCUT2D eigenvalue weighted by Gasteiger charge is -2.31. The van der Waals surface area contributed by atoms with E-state index in [9.17, 15) is 0 Å². The quantitative estimate of drug-likeness (QED) is 0.312. The number of rotatable bonds is 6. The number of aromatic amines is 1. The van der Waals surface area contributed by atoms with Gasteiger partial charge in [-0.3, -0.25) is 4.90 Å². The van der Waals surface area contributed by atoms with Crippen LogP contribution in [0.4, 0.5) is 0 Å². The number of nitrogens with zero attached hydrogens (tertiary/aromatic N) is 3. The molecule has 164 valence electrons. The summed E-state index contributed by atoms with van der Waals surface area (Å²) in [6.07, 6.45) is 2.34. The van der Waals surface area contributed by atoms with Crippen LogP contribution in [0, 0.1) is 0 Å². The van der Waals surface area contributed by atoms with Crippen LogP contribution in [0.15, 0.2) is 65.1 Å². The van der Waals surface area contributed by atoms with Crippen molar-refractivity contribution in [3.63, 3.8) is 0 Å². The Balaban J connectivity index is 1.18. The molecule has 7 heteroatoms. The highest BCUT2D eigenvalue weighted by atomic mass is 79.9. The third kappa shape index (κ3) is 5.04. The second kappa shape index (κ2) is 9.71. The van der Waals surface area contributed by atoms with E-state index in [1.54, 1.807) is 0 Å². The molecule has 1 fully saturated rings. The second-order valence-electron chi connectivity index (χ2n) is 8.17. The first-order valence-electron chi connectivity index (χ1n) is 10.8. The molecule has 0 spiro atoms. The number of H-pyrrole nitrogens is 1. The van der Waals surface area contributed by atoms with Crippen molar-refractivity contribution >= 4 is 38.6 Å². The highest BCUT2D eigenvalue weighted by Gasteiger charge is 2.20. The Bertz CT molecular complexity index is 1190. The fourth-order valence-electron chi connectivity index (χ4n) is 4.11. The molecule has 1 aliphatic heterocycles. The van der Waals surface area contributed by atoms with Gasteiger partial charge in [-0.1, -0.05) is 70.0 Å². The Morgan fingerprint density at radius 1 is 1.03 bits per heavy atom. The molecule has 2 aromatic heterocycles. The van der Waals surface area contributed by atoms with Crippen molar-refractivity contribution in [3.05, 3.63) is 81.5 Å². The molecule has 0 bridgehead atoms. The van der Waals surface area contributed by atoms with Gasteiger partial charge in [-0.25, -0.2) is 9.97 Å². The van der Waals surface area contributed by atoms with E-state index in [2.05, 4.69) is 60.0 Å². The van der Waals surface area contributed by atoms with Crippen molar-refractivity contribution in [2.24, 2.45) is 0 Å². The van der Waals surface area contributed by atoms with Crippen molar-refractivity contribution in [2.75, 3.05) is 13.1 Å². The minimum atomic E-state index is 0.268. The summed E-state index contributed by atoms with van der Waals surface area (Å²) in [5.74, 6) is 0.621. The molecule has 0 radical (unpaired) electrons. The Morgan fingerprint density at radius 2 is 1.78 bits per heavy atom. The molecule has 1 saturated heterocycles. The summed E-state index contributed by atoms with van der Waals surface area (Å²) in [5.41, 5.74) is 4.00. The SMILES string of the molecule is Clc1nc(-c2ccccc2)nc2[nH]c(COC3CCN(Cc4ccc(Br)cc4)CC3)cc12. The Kier molecular flexibility index (Phi) is 6.55. The molecule has 0 aliphatic carbocycles. The molecule has 5 nitrogen and oxygen atoms in total. The number of likely N-dealkylation sites (tertiary alicyclic amines) is 1. The fourth-order valence-corrected chi connectivity index (χ4v) is 4.60. The number of piperidine rings is 1. The Hall–Kier alpha value is -2.25. The number of hydrogen-bond acceptors (Lipinski definition) is 4. The highest BCUT2D eigenvalue weighted by Crippen LogP contribution is 2.26. The van der Waals surface area contributed by atoms with Gasteiger partial charge in [0.2, 0.25) is 0 Å². The lowest BCUT2D eigenvalue weighted by Crippen LogP contribution is -2.36. The van der Waals surface area contributed by atoms with Crippen molar-refractivity contribution in [1.82, 2.24) is 19.9 Å². The van der Waals surface area contributed by atoms with E-state index in [0.717, 1.165) is 59.2 Å². The summed E-state index contributed by atoms with van der Waals surface area (Å²) in [7, 11) is 0. The average Bonchev–Trinajstić information content (AvgIpc) is 3.24.